The molecule has 0 aliphatic carbocycles. The number of pyridine rings is 1. The minimum Gasteiger partial charge on any atom is -0.382 e. The van der Waals surface area contributed by atoms with Gasteiger partial charge in [-0.15, -0.1) is 0 Å². The van der Waals surface area contributed by atoms with Crippen LogP contribution in [0.2, 0.25) is 0 Å². The first kappa shape index (κ1) is 12.0. The average molecular weight is 260 g/mol. The van der Waals surface area contributed by atoms with E-state index in [4.69, 9.17) is 4.74 Å². The molecule has 1 atom stereocenters. The lowest BCUT2D eigenvalue weighted by atomic mass is 9.97. The van der Waals surface area contributed by atoms with Gasteiger partial charge in [-0.05, 0) is 13.0 Å². The number of nitrogens with zero attached hydrogens (tertiary/aromatic N) is 2. The molecule has 2 N–H and O–H groups in total. The number of rotatable bonds is 2. The Morgan fingerprint density at radius 3 is 3.05 bits per heavy atom. The van der Waals surface area contributed by atoms with Crippen LogP contribution in [0.3, 0.4) is 0 Å². The van der Waals surface area contributed by atoms with Crippen molar-refractivity contribution < 1.29 is 9.53 Å². The third-order valence-electron chi connectivity index (χ3n) is 3.54. The molecule has 1 unspecified atom stereocenters. The van der Waals surface area contributed by atoms with Gasteiger partial charge in [0, 0.05) is 25.7 Å². The second-order valence-electron chi connectivity index (χ2n) is 5.01. The number of hydrogen-bond donors (Lipinski definition) is 2. The molecule has 3 rings (SSSR count). The Kier molecular flexibility index (Phi) is 2.50. The minimum atomic E-state index is -0.762. The fourth-order valence-electron chi connectivity index (χ4n) is 2.58. The summed E-state index contributed by atoms with van der Waals surface area (Å²) in [6, 6.07) is 1.95. The number of methoxy groups -OCH3 is 1. The third-order valence-corrected chi connectivity index (χ3v) is 3.54. The largest absolute Gasteiger partial charge is 0.382 e. The predicted octanol–water partition coefficient (Wildman–Crippen LogP) is 1.36. The van der Waals surface area contributed by atoms with E-state index in [9.17, 15) is 4.79 Å². The van der Waals surface area contributed by atoms with E-state index in [2.05, 4.69) is 15.3 Å². The molecule has 1 aliphatic heterocycles. The zero-order chi connectivity index (χ0) is 13.6. The van der Waals surface area contributed by atoms with Crippen LogP contribution in [0.15, 0.2) is 18.5 Å². The van der Waals surface area contributed by atoms with Crippen molar-refractivity contribution in [1.29, 1.82) is 0 Å². The number of likely N-dealkylation sites (N-methyl/N-ethyl adjacent to an activating group) is 1. The number of nitrogens with one attached hydrogen (secondary N) is 2. The summed E-state index contributed by atoms with van der Waals surface area (Å²) in [5, 5.41) is 4.28. The first-order valence-electron chi connectivity index (χ1n) is 6.08. The highest BCUT2D eigenvalue weighted by atomic mass is 16.5. The molecule has 6 nitrogen and oxygen atoms in total. The molecule has 0 saturated carbocycles. The molecule has 1 amide bonds. The van der Waals surface area contributed by atoms with Gasteiger partial charge in [-0.1, -0.05) is 0 Å². The Hall–Kier alpha value is -2.08. The van der Waals surface area contributed by atoms with Crippen molar-refractivity contribution in [2.75, 3.05) is 31.0 Å². The van der Waals surface area contributed by atoms with Crippen molar-refractivity contribution in [1.82, 2.24) is 9.97 Å². The number of carbonyl (C=O) groups is 1. The molecular weight excluding hydrogens is 244 g/mol. The summed E-state index contributed by atoms with van der Waals surface area (Å²) in [5.41, 5.74) is 1.73. The topological polar surface area (TPSA) is 70.2 Å². The van der Waals surface area contributed by atoms with Gasteiger partial charge in [0.25, 0.3) is 5.91 Å². The SMILES string of the molecule is COCC1(C)Nc2c(cnc3[nH]ccc23)N(C)C1=O. The molecular formula is C13H16N4O2. The molecule has 2 aromatic rings. The fourth-order valence-corrected chi connectivity index (χ4v) is 2.58. The number of amides is 1. The third kappa shape index (κ3) is 1.60. The van der Waals surface area contributed by atoms with Crippen LogP contribution in [0.25, 0.3) is 11.0 Å². The van der Waals surface area contributed by atoms with Crippen molar-refractivity contribution >= 4 is 28.3 Å². The van der Waals surface area contributed by atoms with Gasteiger partial charge < -0.3 is 19.9 Å². The maximum absolute atomic E-state index is 12.4. The normalized spacial score (nSPS) is 22.5. The molecule has 1 aliphatic rings. The lowest BCUT2D eigenvalue weighted by Gasteiger charge is -2.39. The molecule has 3 heterocycles. The standard InChI is InChI=1S/C13H16N4O2/c1-13(7-19-3)12(18)17(2)9-6-15-11-8(4-5-14-11)10(9)16-13/h4-6,16H,7H2,1-3H3,(H,14,15). The van der Waals surface area contributed by atoms with Crippen LogP contribution in [0.4, 0.5) is 11.4 Å². The van der Waals surface area contributed by atoms with Crippen LogP contribution < -0.4 is 10.2 Å². The highest BCUT2D eigenvalue weighted by Crippen LogP contribution is 2.38. The van der Waals surface area contributed by atoms with Gasteiger partial charge in [0.2, 0.25) is 0 Å². The van der Waals surface area contributed by atoms with Crippen molar-refractivity contribution in [2.24, 2.45) is 0 Å². The van der Waals surface area contributed by atoms with Crippen LogP contribution in [-0.2, 0) is 9.53 Å². The summed E-state index contributed by atoms with van der Waals surface area (Å²) in [6.45, 7) is 2.15. The van der Waals surface area contributed by atoms with Gasteiger partial charge in [-0.3, -0.25) is 4.79 Å². The predicted molar refractivity (Wildman–Crippen MR) is 73.4 cm³/mol. The highest BCUT2D eigenvalue weighted by Gasteiger charge is 2.41. The van der Waals surface area contributed by atoms with Crippen LogP contribution in [-0.4, -0.2) is 42.2 Å². The van der Waals surface area contributed by atoms with E-state index >= 15 is 0 Å². The van der Waals surface area contributed by atoms with E-state index in [0.717, 1.165) is 22.4 Å². The molecule has 0 saturated heterocycles. The average Bonchev–Trinajstić information content (AvgIpc) is 2.85. The lowest BCUT2D eigenvalue weighted by Crippen LogP contribution is -2.57. The summed E-state index contributed by atoms with van der Waals surface area (Å²) < 4.78 is 5.18. The summed E-state index contributed by atoms with van der Waals surface area (Å²) in [6.07, 6.45) is 3.54. The Labute approximate surface area is 110 Å². The maximum atomic E-state index is 12.4. The maximum Gasteiger partial charge on any atom is 0.254 e. The lowest BCUT2D eigenvalue weighted by molar-refractivity contribution is -0.124. The van der Waals surface area contributed by atoms with Gasteiger partial charge in [-0.25, -0.2) is 4.98 Å². The van der Waals surface area contributed by atoms with Crippen molar-refractivity contribution in [2.45, 2.75) is 12.5 Å². The Morgan fingerprint density at radius 1 is 1.53 bits per heavy atom. The molecule has 19 heavy (non-hydrogen) atoms. The van der Waals surface area contributed by atoms with Gasteiger partial charge in [-0.2, -0.15) is 0 Å². The molecule has 100 valence electrons. The Balaban J connectivity index is 2.20. The van der Waals surface area contributed by atoms with Gasteiger partial charge in [0.1, 0.15) is 11.2 Å². The van der Waals surface area contributed by atoms with Crippen molar-refractivity contribution in [3.63, 3.8) is 0 Å². The van der Waals surface area contributed by atoms with E-state index < -0.39 is 5.54 Å². The number of carbonyl (C=O) groups excluding carboxylic acids is 1. The van der Waals surface area contributed by atoms with Crippen molar-refractivity contribution in [3.05, 3.63) is 18.5 Å². The smallest absolute Gasteiger partial charge is 0.254 e. The molecule has 2 aromatic heterocycles. The van der Waals surface area contributed by atoms with Gasteiger partial charge in [0.05, 0.1) is 24.2 Å². The van der Waals surface area contributed by atoms with Crippen LogP contribution >= 0.6 is 0 Å². The number of fused-ring (bicyclic) bond motifs is 3. The summed E-state index contributed by atoms with van der Waals surface area (Å²) in [5.74, 6) is -0.0291. The fraction of sp³-hybridized carbons (Fsp3) is 0.385. The molecule has 0 fully saturated rings. The first-order valence-corrected chi connectivity index (χ1v) is 6.08. The Morgan fingerprint density at radius 2 is 2.32 bits per heavy atom. The summed E-state index contributed by atoms with van der Waals surface area (Å²) in [7, 11) is 3.35. The second-order valence-corrected chi connectivity index (χ2v) is 5.01. The molecule has 0 aromatic carbocycles. The quantitative estimate of drug-likeness (QED) is 0.855. The molecule has 0 radical (unpaired) electrons. The highest BCUT2D eigenvalue weighted by molar-refractivity contribution is 6.12. The molecule has 0 spiro atoms. The Bertz CT molecular complexity index is 651. The first-order chi connectivity index (χ1) is 9.07. The van der Waals surface area contributed by atoms with E-state index in [1.807, 2.05) is 19.2 Å². The number of aromatic amines is 1. The van der Waals surface area contributed by atoms with Crippen LogP contribution in [0.1, 0.15) is 6.92 Å². The number of anilines is 2. The zero-order valence-corrected chi connectivity index (χ0v) is 11.2. The number of ether oxygens (including phenoxy) is 1. The van der Waals surface area contributed by atoms with Gasteiger partial charge >= 0.3 is 0 Å². The van der Waals surface area contributed by atoms with E-state index in [-0.39, 0.29) is 5.91 Å². The summed E-state index contributed by atoms with van der Waals surface area (Å²) in [4.78, 5) is 21.4. The number of hydrogen-bond acceptors (Lipinski definition) is 4. The second kappa shape index (κ2) is 3.96. The van der Waals surface area contributed by atoms with Crippen LogP contribution in [0, 0.1) is 0 Å². The summed E-state index contributed by atoms with van der Waals surface area (Å²) >= 11 is 0. The zero-order valence-electron chi connectivity index (χ0n) is 11.2. The monoisotopic (exact) mass is 260 g/mol. The van der Waals surface area contributed by atoms with E-state index in [1.165, 1.54) is 0 Å². The molecule has 0 bridgehead atoms. The van der Waals surface area contributed by atoms with E-state index in [0.29, 0.717) is 6.61 Å². The van der Waals surface area contributed by atoms with E-state index in [1.54, 1.807) is 25.3 Å². The minimum absolute atomic E-state index is 0.0291. The van der Waals surface area contributed by atoms with Crippen LogP contribution in [0.5, 0.6) is 0 Å². The number of H-pyrrole nitrogens is 1. The van der Waals surface area contributed by atoms with Gasteiger partial charge in [0.15, 0.2) is 0 Å². The molecule has 6 heteroatoms. The van der Waals surface area contributed by atoms with Crippen molar-refractivity contribution in [3.8, 4) is 0 Å². The number of aromatic nitrogens is 2.